The highest BCUT2D eigenvalue weighted by molar-refractivity contribution is 6.31. The minimum absolute atomic E-state index is 0.329. The molecule has 0 heterocycles. The summed E-state index contributed by atoms with van der Waals surface area (Å²) in [6, 6.07) is 4.23. The minimum atomic E-state index is -0.600. The van der Waals surface area contributed by atoms with Crippen molar-refractivity contribution in [3.05, 3.63) is 34.6 Å². The van der Waals surface area contributed by atoms with E-state index in [1.807, 2.05) is 32.8 Å². The van der Waals surface area contributed by atoms with E-state index in [-0.39, 0.29) is 11.4 Å². The molecule has 0 aliphatic carbocycles. The quantitative estimate of drug-likeness (QED) is 0.891. The molecule has 2 atom stereocenters. The number of nitrogens with zero attached hydrogens (tertiary/aromatic N) is 1. The number of halogens is 2. The highest BCUT2D eigenvalue weighted by Gasteiger charge is 2.33. The van der Waals surface area contributed by atoms with E-state index in [0.29, 0.717) is 17.0 Å². The third-order valence-electron chi connectivity index (χ3n) is 3.88. The van der Waals surface area contributed by atoms with Crippen LogP contribution in [0.15, 0.2) is 18.2 Å². The Bertz CT molecular complexity index is 411. The van der Waals surface area contributed by atoms with Gasteiger partial charge in [0.15, 0.2) is 0 Å². The highest BCUT2D eigenvalue weighted by Crippen LogP contribution is 2.26. The van der Waals surface area contributed by atoms with Crippen LogP contribution in [0.4, 0.5) is 4.39 Å². The van der Waals surface area contributed by atoms with Crippen LogP contribution >= 0.6 is 11.6 Å². The molecule has 18 heavy (non-hydrogen) atoms. The van der Waals surface area contributed by atoms with Gasteiger partial charge in [0.2, 0.25) is 0 Å². The molecule has 0 saturated carbocycles. The van der Waals surface area contributed by atoms with Gasteiger partial charge in [0, 0.05) is 17.0 Å². The number of hydrogen-bond acceptors (Lipinski definition) is 2. The summed E-state index contributed by atoms with van der Waals surface area (Å²) in [6.07, 6.45) is 0.546. The lowest BCUT2D eigenvalue weighted by Crippen LogP contribution is -2.51. The molecule has 1 aromatic rings. The van der Waals surface area contributed by atoms with E-state index in [0.717, 1.165) is 6.42 Å². The highest BCUT2D eigenvalue weighted by atomic mass is 35.5. The summed E-state index contributed by atoms with van der Waals surface area (Å²) in [5.74, 6) is -0.329. The summed E-state index contributed by atoms with van der Waals surface area (Å²) in [5.41, 5.74) is 0.293. The van der Waals surface area contributed by atoms with Gasteiger partial charge < -0.3 is 10.0 Å². The monoisotopic (exact) mass is 273 g/mol. The van der Waals surface area contributed by atoms with Crippen LogP contribution in [0.1, 0.15) is 25.8 Å². The van der Waals surface area contributed by atoms with Crippen molar-refractivity contribution >= 4 is 11.6 Å². The summed E-state index contributed by atoms with van der Waals surface area (Å²) >= 11 is 6.02. The lowest BCUT2D eigenvalue weighted by Gasteiger charge is -2.40. The smallest absolute Gasteiger partial charge is 0.123 e. The van der Waals surface area contributed by atoms with Crippen LogP contribution in [0.3, 0.4) is 0 Å². The Morgan fingerprint density at radius 3 is 2.56 bits per heavy atom. The van der Waals surface area contributed by atoms with Crippen LogP contribution in [-0.4, -0.2) is 35.7 Å². The SMILES string of the molecule is CCC(C)(C(O)Cc1cc(F)ccc1Cl)N(C)C. The van der Waals surface area contributed by atoms with Gasteiger partial charge in [0.25, 0.3) is 0 Å². The zero-order valence-electron chi connectivity index (χ0n) is 11.4. The maximum absolute atomic E-state index is 13.2. The van der Waals surface area contributed by atoms with Crippen LogP contribution in [0.2, 0.25) is 5.02 Å². The third kappa shape index (κ3) is 3.22. The molecule has 0 spiro atoms. The predicted molar refractivity (Wildman–Crippen MR) is 73.5 cm³/mol. The summed E-state index contributed by atoms with van der Waals surface area (Å²) in [7, 11) is 3.86. The number of rotatable bonds is 5. The average Bonchev–Trinajstić information content (AvgIpc) is 2.32. The molecule has 4 heteroatoms. The zero-order chi connectivity index (χ0) is 13.9. The topological polar surface area (TPSA) is 23.5 Å². The lowest BCUT2D eigenvalue weighted by molar-refractivity contribution is 0.00299. The van der Waals surface area contributed by atoms with Crippen molar-refractivity contribution in [1.29, 1.82) is 0 Å². The lowest BCUT2D eigenvalue weighted by atomic mass is 9.86. The van der Waals surface area contributed by atoms with Gasteiger partial charge in [-0.25, -0.2) is 4.39 Å². The molecular weight excluding hydrogens is 253 g/mol. The van der Waals surface area contributed by atoms with Crippen molar-refractivity contribution < 1.29 is 9.50 Å². The van der Waals surface area contributed by atoms with Crippen molar-refractivity contribution in [2.45, 2.75) is 38.3 Å². The summed E-state index contributed by atoms with van der Waals surface area (Å²) in [6.45, 7) is 4.02. The van der Waals surface area contributed by atoms with Crippen molar-refractivity contribution in [1.82, 2.24) is 4.90 Å². The fourth-order valence-electron chi connectivity index (χ4n) is 1.98. The fraction of sp³-hybridized carbons (Fsp3) is 0.571. The number of likely N-dealkylation sites (N-methyl/N-ethyl adjacent to an activating group) is 1. The first-order chi connectivity index (χ1) is 8.31. The average molecular weight is 274 g/mol. The fourth-order valence-corrected chi connectivity index (χ4v) is 2.17. The number of aliphatic hydroxyl groups is 1. The van der Waals surface area contributed by atoms with Gasteiger partial charge in [-0.05, 0) is 51.2 Å². The number of benzene rings is 1. The van der Waals surface area contributed by atoms with E-state index in [4.69, 9.17) is 11.6 Å². The summed E-state index contributed by atoms with van der Waals surface area (Å²) < 4.78 is 13.2. The Morgan fingerprint density at radius 1 is 1.44 bits per heavy atom. The molecule has 102 valence electrons. The van der Waals surface area contributed by atoms with Crippen LogP contribution < -0.4 is 0 Å². The molecule has 2 nitrogen and oxygen atoms in total. The van der Waals surface area contributed by atoms with E-state index < -0.39 is 6.10 Å². The largest absolute Gasteiger partial charge is 0.391 e. The molecule has 0 saturated heterocycles. The number of aliphatic hydroxyl groups excluding tert-OH is 1. The Morgan fingerprint density at radius 2 is 2.06 bits per heavy atom. The second kappa shape index (κ2) is 6.00. The molecule has 0 bridgehead atoms. The van der Waals surface area contributed by atoms with E-state index in [9.17, 15) is 9.50 Å². The Labute approximate surface area is 113 Å². The molecule has 0 aliphatic heterocycles. The van der Waals surface area contributed by atoms with Crippen LogP contribution in [0.5, 0.6) is 0 Å². The molecule has 1 rings (SSSR count). The van der Waals surface area contributed by atoms with Gasteiger partial charge in [0.1, 0.15) is 5.82 Å². The van der Waals surface area contributed by atoms with Gasteiger partial charge in [-0.2, -0.15) is 0 Å². The van der Waals surface area contributed by atoms with Crippen molar-refractivity contribution in [3.63, 3.8) is 0 Å². The first-order valence-electron chi connectivity index (χ1n) is 6.10. The van der Waals surface area contributed by atoms with Gasteiger partial charge >= 0.3 is 0 Å². The second-order valence-electron chi connectivity index (χ2n) is 5.06. The van der Waals surface area contributed by atoms with Gasteiger partial charge in [0.05, 0.1) is 6.10 Å². The van der Waals surface area contributed by atoms with E-state index in [1.54, 1.807) is 0 Å². The van der Waals surface area contributed by atoms with Gasteiger partial charge in [-0.1, -0.05) is 18.5 Å². The molecule has 1 aromatic carbocycles. The standard InChI is InChI=1S/C14H21ClFNO/c1-5-14(2,17(3)4)13(18)9-10-8-11(16)6-7-12(10)15/h6-8,13,18H,5,9H2,1-4H3. The normalized spacial score (nSPS) is 16.7. The molecule has 0 fully saturated rings. The summed E-state index contributed by atoms with van der Waals surface area (Å²) in [4.78, 5) is 1.99. The van der Waals surface area contributed by atoms with Crippen LogP contribution in [0, 0.1) is 5.82 Å². The molecule has 0 aromatic heterocycles. The molecule has 0 radical (unpaired) electrons. The second-order valence-corrected chi connectivity index (χ2v) is 5.47. The van der Waals surface area contributed by atoms with Crippen molar-refractivity contribution in [3.8, 4) is 0 Å². The van der Waals surface area contributed by atoms with Crippen LogP contribution in [0.25, 0.3) is 0 Å². The Kier molecular flexibility index (Phi) is 5.14. The van der Waals surface area contributed by atoms with Crippen molar-refractivity contribution in [2.75, 3.05) is 14.1 Å². The maximum atomic E-state index is 13.2. The first kappa shape index (κ1) is 15.4. The third-order valence-corrected chi connectivity index (χ3v) is 4.25. The summed E-state index contributed by atoms with van der Waals surface area (Å²) in [5, 5.41) is 10.9. The Balaban J connectivity index is 2.93. The molecule has 1 N–H and O–H groups in total. The van der Waals surface area contributed by atoms with Crippen molar-refractivity contribution in [2.24, 2.45) is 0 Å². The predicted octanol–water partition coefficient (Wildman–Crippen LogP) is 3.11. The Hall–Kier alpha value is -0.640. The zero-order valence-corrected chi connectivity index (χ0v) is 12.1. The first-order valence-corrected chi connectivity index (χ1v) is 6.48. The maximum Gasteiger partial charge on any atom is 0.123 e. The van der Waals surface area contributed by atoms with Crippen LogP contribution in [-0.2, 0) is 6.42 Å². The van der Waals surface area contributed by atoms with Gasteiger partial charge in [-0.15, -0.1) is 0 Å². The minimum Gasteiger partial charge on any atom is -0.391 e. The molecule has 0 amide bonds. The molecule has 2 unspecified atom stereocenters. The van der Waals surface area contributed by atoms with Gasteiger partial charge in [-0.3, -0.25) is 0 Å². The van der Waals surface area contributed by atoms with E-state index in [1.165, 1.54) is 18.2 Å². The van der Waals surface area contributed by atoms with E-state index >= 15 is 0 Å². The van der Waals surface area contributed by atoms with E-state index in [2.05, 4.69) is 0 Å². The molecule has 0 aliphatic rings. The molecular formula is C14H21ClFNO. The number of hydrogen-bond donors (Lipinski definition) is 1.